The molecule has 1 amide bonds. The van der Waals surface area contributed by atoms with Crippen LogP contribution in [0.1, 0.15) is 10.4 Å². The minimum atomic E-state index is -1.61. The highest BCUT2D eigenvalue weighted by Crippen LogP contribution is 2.33. The molecule has 12 heteroatoms. The van der Waals surface area contributed by atoms with Crippen molar-refractivity contribution in [3.8, 4) is 0 Å². The summed E-state index contributed by atoms with van der Waals surface area (Å²) in [5, 5.41) is 6.84. The van der Waals surface area contributed by atoms with Crippen LogP contribution in [-0.2, 0) is 14.4 Å². The molecular weight excluding hydrogens is 478 g/mol. The van der Waals surface area contributed by atoms with Crippen LogP contribution in [0.15, 0.2) is 8.95 Å². The predicted octanol–water partition coefficient (Wildman–Crippen LogP) is 3.10. The summed E-state index contributed by atoms with van der Waals surface area (Å²) in [6.45, 7) is 0. The topological polar surface area (TPSA) is 83.9 Å². The standard InChI is InChI=1S/C9H6Br2F3NO2.C2HClO3/c1-15(17-2)9(16)3-4(10)7(13)8(14)5(11)6(3)12;3-1(4)2(5)6/h1-2H3;(H,5,6). The molecule has 1 aromatic rings. The molecule has 0 atom stereocenters. The molecule has 6 nitrogen and oxygen atoms in total. The number of hydrogen-bond acceptors (Lipinski definition) is 4. The largest absolute Gasteiger partial charge is 0.475 e. The fourth-order valence-electron chi connectivity index (χ4n) is 1.03. The van der Waals surface area contributed by atoms with E-state index in [2.05, 4.69) is 48.3 Å². The molecule has 0 aliphatic heterocycles. The molecule has 1 rings (SSSR count). The minimum Gasteiger partial charge on any atom is -0.475 e. The Morgan fingerprint density at radius 3 is 1.83 bits per heavy atom. The Balaban J connectivity index is 0.000000688. The monoisotopic (exact) mass is 483 g/mol. The van der Waals surface area contributed by atoms with Crippen molar-refractivity contribution in [3.05, 3.63) is 32.0 Å². The Labute approximate surface area is 149 Å². The number of halogens is 6. The molecule has 0 fully saturated rings. The normalized spacial score (nSPS) is 9.74. The summed E-state index contributed by atoms with van der Waals surface area (Å²) in [7, 11) is 2.39. The molecule has 0 aliphatic rings. The Morgan fingerprint density at radius 2 is 1.48 bits per heavy atom. The highest BCUT2D eigenvalue weighted by molar-refractivity contribution is 9.11. The lowest BCUT2D eigenvalue weighted by atomic mass is 10.2. The minimum absolute atomic E-state index is 0.593. The average molecular weight is 485 g/mol. The van der Waals surface area contributed by atoms with E-state index in [1.54, 1.807) is 0 Å². The highest BCUT2D eigenvalue weighted by atomic mass is 79.9. The third-order valence-corrected chi connectivity index (χ3v) is 3.75. The van der Waals surface area contributed by atoms with Crippen molar-refractivity contribution in [2.45, 2.75) is 0 Å². The van der Waals surface area contributed by atoms with Crippen LogP contribution >= 0.6 is 43.5 Å². The first-order valence-electron chi connectivity index (χ1n) is 5.23. The lowest BCUT2D eigenvalue weighted by molar-refractivity contribution is -0.145. The van der Waals surface area contributed by atoms with Crippen molar-refractivity contribution in [3.63, 3.8) is 0 Å². The van der Waals surface area contributed by atoms with E-state index in [4.69, 9.17) is 5.11 Å². The second-order valence-corrected chi connectivity index (χ2v) is 5.44. The second kappa shape index (κ2) is 9.21. The lowest BCUT2D eigenvalue weighted by Gasteiger charge is -2.16. The summed E-state index contributed by atoms with van der Waals surface area (Å²) in [4.78, 5) is 34.7. The number of aliphatic carboxylic acids is 1. The number of hydrogen-bond donors (Lipinski definition) is 1. The highest BCUT2D eigenvalue weighted by Gasteiger charge is 2.28. The van der Waals surface area contributed by atoms with Crippen LogP contribution < -0.4 is 0 Å². The molecule has 0 radical (unpaired) electrons. The van der Waals surface area contributed by atoms with Gasteiger partial charge in [0.25, 0.3) is 5.91 Å². The number of hydroxylamine groups is 2. The van der Waals surface area contributed by atoms with E-state index >= 15 is 0 Å². The van der Waals surface area contributed by atoms with Crippen LogP contribution in [0.25, 0.3) is 0 Å². The Morgan fingerprint density at radius 1 is 1.09 bits per heavy atom. The first-order valence-corrected chi connectivity index (χ1v) is 7.20. The van der Waals surface area contributed by atoms with Gasteiger partial charge in [0.15, 0.2) is 17.5 Å². The Kier molecular flexibility index (Phi) is 8.74. The number of carbonyl (C=O) groups is 3. The quantitative estimate of drug-likeness (QED) is 0.234. The number of carboxylic acids is 1. The van der Waals surface area contributed by atoms with Crippen molar-refractivity contribution in [2.24, 2.45) is 0 Å². The van der Waals surface area contributed by atoms with Gasteiger partial charge in [0.1, 0.15) is 0 Å². The van der Waals surface area contributed by atoms with Crippen LogP contribution in [0.3, 0.4) is 0 Å². The molecule has 1 N–H and O–H groups in total. The van der Waals surface area contributed by atoms with Crippen LogP contribution in [0.4, 0.5) is 13.2 Å². The number of carbonyl (C=O) groups excluding carboxylic acids is 2. The van der Waals surface area contributed by atoms with E-state index in [0.717, 1.165) is 0 Å². The van der Waals surface area contributed by atoms with Crippen molar-refractivity contribution < 1.29 is 37.5 Å². The summed E-state index contributed by atoms with van der Waals surface area (Å²) >= 11 is 9.54. The van der Waals surface area contributed by atoms with Gasteiger partial charge in [-0.15, -0.1) is 0 Å². The van der Waals surface area contributed by atoms with Gasteiger partial charge in [0.2, 0.25) is 0 Å². The van der Waals surface area contributed by atoms with Gasteiger partial charge in [0.05, 0.1) is 21.6 Å². The zero-order chi connectivity index (χ0) is 18.5. The molecule has 128 valence electrons. The maximum atomic E-state index is 13.7. The predicted molar refractivity (Wildman–Crippen MR) is 79.3 cm³/mol. The van der Waals surface area contributed by atoms with Gasteiger partial charge in [-0.3, -0.25) is 14.4 Å². The zero-order valence-corrected chi connectivity index (χ0v) is 15.2. The van der Waals surface area contributed by atoms with Crippen molar-refractivity contribution >= 4 is 60.6 Å². The van der Waals surface area contributed by atoms with Crippen molar-refractivity contribution in [1.82, 2.24) is 5.06 Å². The second-order valence-electron chi connectivity index (χ2n) is 3.51. The van der Waals surface area contributed by atoms with E-state index in [1.165, 1.54) is 14.2 Å². The van der Waals surface area contributed by atoms with Crippen LogP contribution in [-0.4, -0.2) is 41.4 Å². The number of amides is 1. The van der Waals surface area contributed by atoms with Gasteiger partial charge in [-0.05, 0) is 43.5 Å². The van der Waals surface area contributed by atoms with E-state index in [1.807, 2.05) is 0 Å². The maximum Gasteiger partial charge on any atom is 0.388 e. The third-order valence-electron chi connectivity index (χ3n) is 2.15. The number of nitrogens with zero attached hydrogens (tertiary/aromatic N) is 1. The fraction of sp³-hybridized carbons (Fsp3) is 0.182. The third kappa shape index (κ3) is 5.44. The molecule has 23 heavy (non-hydrogen) atoms. The average Bonchev–Trinajstić information content (AvgIpc) is 2.50. The van der Waals surface area contributed by atoms with Crippen LogP contribution in [0.5, 0.6) is 0 Å². The molecule has 0 saturated carbocycles. The Bertz CT molecular complexity index is 618. The molecule has 0 unspecified atom stereocenters. The molecule has 0 aliphatic carbocycles. The summed E-state index contributed by atoms with van der Waals surface area (Å²) in [6, 6.07) is 0. The summed E-state index contributed by atoms with van der Waals surface area (Å²) in [5.74, 6) is -6.53. The van der Waals surface area contributed by atoms with E-state index in [-0.39, 0.29) is 0 Å². The molecule has 0 spiro atoms. The summed E-state index contributed by atoms with van der Waals surface area (Å²) in [5.41, 5.74) is -0.653. The van der Waals surface area contributed by atoms with Gasteiger partial charge in [0, 0.05) is 7.05 Å². The molecule has 0 aromatic heterocycles. The van der Waals surface area contributed by atoms with Gasteiger partial charge in [-0.1, -0.05) is 0 Å². The number of benzene rings is 1. The molecule has 0 bridgehead atoms. The summed E-state index contributed by atoms with van der Waals surface area (Å²) < 4.78 is 38.8. The van der Waals surface area contributed by atoms with Crippen LogP contribution in [0.2, 0.25) is 0 Å². The fourth-order valence-corrected chi connectivity index (χ4v) is 1.92. The van der Waals surface area contributed by atoms with Gasteiger partial charge in [-0.2, -0.15) is 0 Å². The van der Waals surface area contributed by atoms with Gasteiger partial charge in [-0.25, -0.2) is 23.0 Å². The van der Waals surface area contributed by atoms with Crippen molar-refractivity contribution in [2.75, 3.05) is 14.2 Å². The van der Waals surface area contributed by atoms with E-state index in [0.29, 0.717) is 5.06 Å². The first kappa shape index (κ1) is 21.8. The first-order chi connectivity index (χ1) is 10.5. The molecular formula is C11H7Br2ClF3NO5. The van der Waals surface area contributed by atoms with E-state index < -0.39 is 49.1 Å². The number of rotatable bonds is 3. The van der Waals surface area contributed by atoms with Crippen LogP contribution in [0, 0.1) is 17.5 Å². The molecule has 1 aromatic carbocycles. The zero-order valence-electron chi connectivity index (χ0n) is 11.3. The summed E-state index contributed by atoms with van der Waals surface area (Å²) in [6.07, 6.45) is 0. The van der Waals surface area contributed by atoms with Gasteiger partial charge < -0.3 is 5.11 Å². The van der Waals surface area contributed by atoms with Crippen molar-refractivity contribution in [1.29, 1.82) is 0 Å². The SMILES string of the molecule is CON(C)C(=O)c1c(F)c(Br)c(F)c(F)c1Br.O=C(O)C(=O)Cl. The lowest BCUT2D eigenvalue weighted by Crippen LogP contribution is -2.27. The smallest absolute Gasteiger partial charge is 0.388 e. The molecule has 0 saturated heterocycles. The van der Waals surface area contributed by atoms with E-state index in [9.17, 15) is 27.6 Å². The molecule has 0 heterocycles. The maximum absolute atomic E-state index is 13.7. The van der Waals surface area contributed by atoms with Gasteiger partial charge >= 0.3 is 11.2 Å². The number of carboxylic acid groups (broad SMARTS) is 1. The Hall–Kier alpha value is -1.17.